The molecule has 0 aliphatic rings. The summed E-state index contributed by atoms with van der Waals surface area (Å²) in [6.45, 7) is 4.18. The van der Waals surface area contributed by atoms with E-state index in [-0.39, 0.29) is 6.04 Å². The van der Waals surface area contributed by atoms with Crippen LogP contribution in [0.15, 0.2) is 42.9 Å². The Hall–Kier alpha value is -2.76. The average Bonchev–Trinajstić information content (AvgIpc) is 3.05. The highest BCUT2D eigenvalue weighted by molar-refractivity contribution is 5.56. The largest absolute Gasteiger partial charge is 0.481 e. The molecular weight excluding hydrogens is 290 g/mol. The minimum atomic E-state index is 0.0716. The van der Waals surface area contributed by atoms with E-state index in [1.807, 2.05) is 35.3 Å². The van der Waals surface area contributed by atoms with E-state index in [9.17, 15) is 0 Å². The van der Waals surface area contributed by atoms with Gasteiger partial charge in [-0.25, -0.2) is 9.67 Å². The van der Waals surface area contributed by atoms with Crippen molar-refractivity contribution >= 4 is 0 Å². The van der Waals surface area contributed by atoms with E-state index in [1.165, 1.54) is 5.56 Å². The topological polar surface area (TPSA) is 65.7 Å². The Morgan fingerprint density at radius 2 is 2.09 bits per heavy atom. The fraction of sp³-hybridized carbons (Fsp3) is 0.294. The van der Waals surface area contributed by atoms with Gasteiger partial charge in [0.05, 0.1) is 25.0 Å². The van der Waals surface area contributed by atoms with Crippen LogP contribution >= 0.6 is 0 Å². The van der Waals surface area contributed by atoms with Gasteiger partial charge in [-0.3, -0.25) is 4.98 Å². The molecule has 0 bridgehead atoms. The quantitative estimate of drug-likeness (QED) is 0.724. The van der Waals surface area contributed by atoms with Crippen LogP contribution in [0.2, 0.25) is 0 Å². The number of aromatic nitrogens is 5. The van der Waals surface area contributed by atoms with Crippen LogP contribution in [-0.2, 0) is 0 Å². The van der Waals surface area contributed by atoms with Gasteiger partial charge in [0.2, 0.25) is 5.88 Å². The molecule has 0 fully saturated rings. The first-order chi connectivity index (χ1) is 11.2. The summed E-state index contributed by atoms with van der Waals surface area (Å²) in [7, 11) is 1.60. The van der Waals surface area contributed by atoms with Gasteiger partial charge < -0.3 is 4.74 Å². The molecular formula is C17H19N5O. The van der Waals surface area contributed by atoms with Crippen LogP contribution in [0.1, 0.15) is 30.6 Å². The zero-order valence-electron chi connectivity index (χ0n) is 13.5. The highest BCUT2D eigenvalue weighted by atomic mass is 16.5. The maximum absolute atomic E-state index is 5.07. The molecule has 0 aliphatic heterocycles. The van der Waals surface area contributed by atoms with Crippen molar-refractivity contribution in [3.63, 3.8) is 0 Å². The molecule has 3 rings (SSSR count). The second-order valence-electron chi connectivity index (χ2n) is 5.36. The molecule has 0 radical (unpaired) electrons. The van der Waals surface area contributed by atoms with Crippen molar-refractivity contribution < 1.29 is 4.74 Å². The third kappa shape index (κ3) is 3.21. The number of ether oxygens (including phenoxy) is 1. The first kappa shape index (κ1) is 15.1. The summed E-state index contributed by atoms with van der Waals surface area (Å²) in [6.07, 6.45) is 6.39. The van der Waals surface area contributed by atoms with E-state index in [1.54, 1.807) is 13.3 Å². The molecule has 6 nitrogen and oxygen atoms in total. The van der Waals surface area contributed by atoms with E-state index in [4.69, 9.17) is 4.74 Å². The van der Waals surface area contributed by atoms with Crippen molar-refractivity contribution in [2.45, 2.75) is 26.3 Å². The molecule has 6 heteroatoms. The Balaban J connectivity index is 1.90. The minimum Gasteiger partial charge on any atom is -0.481 e. The minimum absolute atomic E-state index is 0.0716. The van der Waals surface area contributed by atoms with Crippen LogP contribution in [0, 0.1) is 6.92 Å². The van der Waals surface area contributed by atoms with Crippen LogP contribution in [-0.4, -0.2) is 32.1 Å². The lowest BCUT2D eigenvalue weighted by atomic mass is 10.1. The van der Waals surface area contributed by atoms with Crippen molar-refractivity contribution in [2.75, 3.05) is 7.11 Å². The summed E-state index contributed by atoms with van der Waals surface area (Å²) < 4.78 is 6.94. The third-order valence-corrected chi connectivity index (χ3v) is 3.74. The number of hydrogen-bond donors (Lipinski definition) is 0. The molecule has 118 valence electrons. The summed E-state index contributed by atoms with van der Waals surface area (Å²) in [5.41, 5.74) is 3.88. The Morgan fingerprint density at radius 1 is 1.22 bits per heavy atom. The second kappa shape index (κ2) is 6.56. The molecule has 0 N–H and O–H groups in total. The molecule has 0 saturated heterocycles. The van der Waals surface area contributed by atoms with Gasteiger partial charge >= 0.3 is 0 Å². The number of aryl methyl sites for hydroxylation is 1. The third-order valence-electron chi connectivity index (χ3n) is 3.74. The zero-order valence-corrected chi connectivity index (χ0v) is 13.5. The number of pyridine rings is 2. The normalized spacial score (nSPS) is 12.1. The number of nitrogens with zero attached hydrogens (tertiary/aromatic N) is 5. The molecule has 1 atom stereocenters. The average molecular weight is 309 g/mol. The van der Waals surface area contributed by atoms with Crippen LogP contribution in [0.25, 0.3) is 11.3 Å². The van der Waals surface area contributed by atoms with Crippen molar-refractivity contribution in [2.24, 2.45) is 0 Å². The van der Waals surface area contributed by atoms with Crippen LogP contribution in [0.3, 0.4) is 0 Å². The predicted molar refractivity (Wildman–Crippen MR) is 87.2 cm³/mol. The zero-order chi connectivity index (χ0) is 16.2. The second-order valence-corrected chi connectivity index (χ2v) is 5.36. The Kier molecular flexibility index (Phi) is 4.32. The van der Waals surface area contributed by atoms with Crippen LogP contribution < -0.4 is 4.74 Å². The molecule has 3 aromatic rings. The molecule has 23 heavy (non-hydrogen) atoms. The first-order valence-corrected chi connectivity index (χ1v) is 7.56. The van der Waals surface area contributed by atoms with Crippen molar-refractivity contribution in [3.8, 4) is 17.1 Å². The lowest BCUT2D eigenvalue weighted by Gasteiger charge is -2.14. The van der Waals surface area contributed by atoms with Gasteiger partial charge in [0.15, 0.2) is 0 Å². The van der Waals surface area contributed by atoms with Gasteiger partial charge in [-0.2, -0.15) is 0 Å². The maximum atomic E-state index is 5.07. The molecule has 0 aromatic carbocycles. The van der Waals surface area contributed by atoms with Gasteiger partial charge in [0, 0.05) is 24.0 Å². The summed E-state index contributed by atoms with van der Waals surface area (Å²) in [6, 6.07) is 7.89. The summed E-state index contributed by atoms with van der Waals surface area (Å²) in [5.74, 6) is 0.580. The monoisotopic (exact) mass is 309 g/mol. The molecule has 0 saturated carbocycles. The molecule has 3 heterocycles. The number of methoxy groups -OCH3 is 1. The number of hydrogen-bond acceptors (Lipinski definition) is 5. The number of rotatable bonds is 5. The van der Waals surface area contributed by atoms with E-state index >= 15 is 0 Å². The molecule has 0 amide bonds. The highest BCUT2D eigenvalue weighted by Gasteiger charge is 2.16. The SMILES string of the molecule is CCC(c1cc(C)ccn1)n1cc(-c2ccc(OC)nc2)nn1. The molecule has 0 spiro atoms. The van der Waals surface area contributed by atoms with Gasteiger partial charge in [-0.1, -0.05) is 12.1 Å². The predicted octanol–water partition coefficient (Wildman–Crippen LogP) is 3.05. The van der Waals surface area contributed by atoms with E-state index < -0.39 is 0 Å². The molecule has 1 unspecified atom stereocenters. The molecule has 0 aliphatic carbocycles. The van der Waals surface area contributed by atoms with Gasteiger partial charge in [0.1, 0.15) is 5.69 Å². The molecule has 3 aromatic heterocycles. The van der Waals surface area contributed by atoms with Crippen LogP contribution in [0.4, 0.5) is 0 Å². The smallest absolute Gasteiger partial charge is 0.212 e. The standard InChI is InChI=1S/C17H19N5O/c1-4-16(14-9-12(2)7-8-18-14)22-11-15(20-21-22)13-5-6-17(23-3)19-10-13/h5-11,16H,4H2,1-3H3. The Bertz CT molecular complexity index is 782. The van der Waals surface area contributed by atoms with Crippen LogP contribution in [0.5, 0.6) is 5.88 Å². The van der Waals surface area contributed by atoms with E-state index in [0.29, 0.717) is 5.88 Å². The lowest BCUT2D eigenvalue weighted by molar-refractivity contribution is 0.398. The fourth-order valence-electron chi connectivity index (χ4n) is 2.49. The summed E-state index contributed by atoms with van der Waals surface area (Å²) >= 11 is 0. The van der Waals surface area contributed by atoms with Gasteiger partial charge in [-0.15, -0.1) is 5.10 Å². The summed E-state index contributed by atoms with van der Waals surface area (Å²) in [4.78, 5) is 8.68. The van der Waals surface area contributed by atoms with E-state index in [2.05, 4.69) is 40.2 Å². The van der Waals surface area contributed by atoms with Crippen molar-refractivity contribution in [3.05, 3.63) is 54.1 Å². The van der Waals surface area contributed by atoms with Crippen molar-refractivity contribution in [1.29, 1.82) is 0 Å². The highest BCUT2D eigenvalue weighted by Crippen LogP contribution is 2.23. The maximum Gasteiger partial charge on any atom is 0.212 e. The summed E-state index contributed by atoms with van der Waals surface area (Å²) in [5, 5.41) is 8.54. The van der Waals surface area contributed by atoms with Crippen molar-refractivity contribution in [1.82, 2.24) is 25.0 Å². The lowest BCUT2D eigenvalue weighted by Crippen LogP contribution is -2.12. The van der Waals surface area contributed by atoms with Gasteiger partial charge in [0.25, 0.3) is 0 Å². The van der Waals surface area contributed by atoms with E-state index in [0.717, 1.165) is 23.4 Å². The van der Waals surface area contributed by atoms with Gasteiger partial charge in [-0.05, 0) is 37.1 Å². The fourth-order valence-corrected chi connectivity index (χ4v) is 2.49. The first-order valence-electron chi connectivity index (χ1n) is 7.56. The Labute approximate surface area is 135 Å². The Morgan fingerprint density at radius 3 is 2.74 bits per heavy atom.